The predicted molar refractivity (Wildman–Crippen MR) is 155 cm³/mol. The number of carbonyl (C=O) groups is 2. The van der Waals surface area contributed by atoms with Crippen LogP contribution in [0, 0.1) is 11.3 Å². The Kier molecular flexibility index (Phi) is 10.6. The highest BCUT2D eigenvalue weighted by molar-refractivity contribution is 6.04. The normalized spacial score (nSPS) is 14.9. The lowest BCUT2D eigenvalue weighted by atomic mass is 9.84. The first-order valence-corrected chi connectivity index (χ1v) is 14.2. The van der Waals surface area contributed by atoms with Crippen molar-refractivity contribution in [2.75, 3.05) is 36.4 Å². The number of anilines is 2. The zero-order valence-electron chi connectivity index (χ0n) is 23.7. The Balaban J connectivity index is 1.44. The predicted octanol–water partition coefficient (Wildman–Crippen LogP) is 7.17. The van der Waals surface area contributed by atoms with E-state index in [4.69, 9.17) is 0 Å². The van der Waals surface area contributed by atoms with Crippen LogP contribution in [0.3, 0.4) is 0 Å². The van der Waals surface area contributed by atoms with E-state index in [1.54, 1.807) is 0 Å². The van der Waals surface area contributed by atoms with Gasteiger partial charge in [0, 0.05) is 49.5 Å². The monoisotopic (exact) mass is 505 g/mol. The molecule has 1 saturated heterocycles. The van der Waals surface area contributed by atoms with Crippen molar-refractivity contribution in [3.05, 3.63) is 59.7 Å². The van der Waals surface area contributed by atoms with E-state index >= 15 is 0 Å². The SMILES string of the molecule is CCCCCCc1ccc(C(=O)Nc2ccc(N3CCN(C(=O)CC(C)CC(C)(C)C)CC3)cc2)cc1. The Morgan fingerprint density at radius 3 is 2.14 bits per heavy atom. The number of nitrogens with zero attached hydrogens (tertiary/aromatic N) is 2. The third-order valence-corrected chi connectivity index (χ3v) is 7.14. The molecule has 1 atom stereocenters. The molecule has 0 bridgehead atoms. The minimum Gasteiger partial charge on any atom is -0.368 e. The second kappa shape index (κ2) is 13.6. The highest BCUT2D eigenvalue weighted by Crippen LogP contribution is 2.27. The zero-order chi connectivity index (χ0) is 26.8. The maximum atomic E-state index is 12.8. The minimum atomic E-state index is -0.0851. The number of hydrogen-bond donors (Lipinski definition) is 1. The van der Waals surface area contributed by atoms with Crippen LogP contribution in [0.25, 0.3) is 0 Å². The van der Waals surface area contributed by atoms with Crippen molar-refractivity contribution < 1.29 is 9.59 Å². The van der Waals surface area contributed by atoms with Gasteiger partial charge >= 0.3 is 0 Å². The molecule has 1 unspecified atom stereocenters. The van der Waals surface area contributed by atoms with Crippen LogP contribution in [0.2, 0.25) is 0 Å². The fourth-order valence-electron chi connectivity index (χ4n) is 5.30. The molecular formula is C32H47N3O2. The molecule has 5 nitrogen and oxygen atoms in total. The smallest absolute Gasteiger partial charge is 0.255 e. The second-order valence-electron chi connectivity index (χ2n) is 12.0. The van der Waals surface area contributed by atoms with Crippen LogP contribution in [0.1, 0.15) is 89.1 Å². The first-order chi connectivity index (χ1) is 17.6. The summed E-state index contributed by atoms with van der Waals surface area (Å²) in [6.07, 6.45) is 7.76. The molecule has 1 heterocycles. The summed E-state index contributed by atoms with van der Waals surface area (Å²) in [6, 6.07) is 16.0. The Bertz CT molecular complexity index is 984. The number of unbranched alkanes of at least 4 members (excludes halogenated alkanes) is 3. The van der Waals surface area contributed by atoms with Crippen molar-refractivity contribution >= 4 is 23.2 Å². The number of aryl methyl sites for hydroxylation is 1. The van der Waals surface area contributed by atoms with Gasteiger partial charge in [0.15, 0.2) is 0 Å². The summed E-state index contributed by atoms with van der Waals surface area (Å²) in [7, 11) is 0. The van der Waals surface area contributed by atoms with Crippen LogP contribution in [0.4, 0.5) is 11.4 Å². The molecule has 3 rings (SSSR count). The fourth-order valence-corrected chi connectivity index (χ4v) is 5.30. The van der Waals surface area contributed by atoms with Gasteiger partial charge in [-0.25, -0.2) is 0 Å². The van der Waals surface area contributed by atoms with Gasteiger partial charge in [-0.1, -0.05) is 66.0 Å². The average Bonchev–Trinajstić information content (AvgIpc) is 2.86. The Morgan fingerprint density at radius 2 is 1.54 bits per heavy atom. The number of hydrogen-bond acceptors (Lipinski definition) is 3. The number of benzene rings is 2. The van der Waals surface area contributed by atoms with Gasteiger partial charge in [-0.15, -0.1) is 0 Å². The van der Waals surface area contributed by atoms with Gasteiger partial charge in [0.25, 0.3) is 5.91 Å². The number of amides is 2. The molecule has 0 saturated carbocycles. The van der Waals surface area contributed by atoms with E-state index in [1.165, 1.54) is 31.2 Å². The highest BCUT2D eigenvalue weighted by atomic mass is 16.2. The number of nitrogens with one attached hydrogen (secondary N) is 1. The average molecular weight is 506 g/mol. The lowest BCUT2D eigenvalue weighted by Crippen LogP contribution is -2.49. The second-order valence-corrected chi connectivity index (χ2v) is 12.0. The lowest BCUT2D eigenvalue weighted by Gasteiger charge is -2.37. The molecule has 1 aliphatic rings. The van der Waals surface area contributed by atoms with E-state index in [0.29, 0.717) is 17.9 Å². The summed E-state index contributed by atoms with van der Waals surface area (Å²) in [4.78, 5) is 29.8. The maximum absolute atomic E-state index is 12.8. The molecule has 0 spiro atoms. The van der Waals surface area contributed by atoms with E-state index in [1.807, 2.05) is 29.2 Å². The summed E-state index contributed by atoms with van der Waals surface area (Å²) in [5.41, 5.74) is 4.14. The summed E-state index contributed by atoms with van der Waals surface area (Å²) in [6.45, 7) is 14.3. The molecule has 1 aliphatic heterocycles. The van der Waals surface area contributed by atoms with Crippen LogP contribution in [-0.4, -0.2) is 42.9 Å². The summed E-state index contributed by atoms with van der Waals surface area (Å²) in [5, 5.41) is 3.01. The van der Waals surface area contributed by atoms with Gasteiger partial charge in [-0.2, -0.15) is 0 Å². The lowest BCUT2D eigenvalue weighted by molar-refractivity contribution is -0.132. The first-order valence-electron chi connectivity index (χ1n) is 14.2. The van der Waals surface area contributed by atoms with Crippen LogP contribution < -0.4 is 10.2 Å². The highest BCUT2D eigenvalue weighted by Gasteiger charge is 2.24. The van der Waals surface area contributed by atoms with Crippen LogP contribution in [-0.2, 0) is 11.2 Å². The Labute approximate surface area is 224 Å². The molecule has 2 aromatic rings. The third-order valence-electron chi connectivity index (χ3n) is 7.14. The van der Waals surface area contributed by atoms with Crippen molar-refractivity contribution in [3.63, 3.8) is 0 Å². The topological polar surface area (TPSA) is 52.7 Å². The van der Waals surface area contributed by atoms with Gasteiger partial charge in [-0.05, 0) is 72.6 Å². The van der Waals surface area contributed by atoms with E-state index in [2.05, 4.69) is 69.1 Å². The summed E-state index contributed by atoms with van der Waals surface area (Å²) in [5.74, 6) is 0.596. The molecular weight excluding hydrogens is 458 g/mol. The molecule has 0 aromatic heterocycles. The molecule has 2 aromatic carbocycles. The Hall–Kier alpha value is -2.82. The van der Waals surface area contributed by atoms with E-state index in [9.17, 15) is 9.59 Å². The molecule has 2 amide bonds. The molecule has 1 fully saturated rings. The molecule has 1 N–H and O–H groups in total. The number of carbonyl (C=O) groups excluding carboxylic acids is 2. The van der Waals surface area contributed by atoms with Crippen LogP contribution in [0.15, 0.2) is 48.5 Å². The fraction of sp³-hybridized carbons (Fsp3) is 0.562. The zero-order valence-corrected chi connectivity index (χ0v) is 23.7. The molecule has 37 heavy (non-hydrogen) atoms. The van der Waals surface area contributed by atoms with Gasteiger partial charge in [-0.3, -0.25) is 9.59 Å². The van der Waals surface area contributed by atoms with Crippen molar-refractivity contribution in [2.45, 2.75) is 79.6 Å². The van der Waals surface area contributed by atoms with Gasteiger partial charge in [0.05, 0.1) is 0 Å². The van der Waals surface area contributed by atoms with Gasteiger partial charge in [0.2, 0.25) is 5.91 Å². The van der Waals surface area contributed by atoms with E-state index in [0.717, 1.165) is 50.4 Å². The van der Waals surface area contributed by atoms with Crippen molar-refractivity contribution in [1.82, 2.24) is 4.90 Å². The molecule has 5 heteroatoms. The Morgan fingerprint density at radius 1 is 0.892 bits per heavy atom. The van der Waals surface area contributed by atoms with Crippen molar-refractivity contribution in [1.29, 1.82) is 0 Å². The van der Waals surface area contributed by atoms with E-state index < -0.39 is 0 Å². The van der Waals surface area contributed by atoms with E-state index in [-0.39, 0.29) is 17.2 Å². The summed E-state index contributed by atoms with van der Waals surface area (Å²) >= 11 is 0. The number of rotatable bonds is 11. The van der Waals surface area contributed by atoms with Crippen molar-refractivity contribution in [2.24, 2.45) is 11.3 Å². The van der Waals surface area contributed by atoms with Gasteiger partial charge in [0.1, 0.15) is 0 Å². The third kappa shape index (κ3) is 9.53. The molecule has 0 radical (unpaired) electrons. The minimum absolute atomic E-state index is 0.0851. The maximum Gasteiger partial charge on any atom is 0.255 e. The standard InChI is InChI=1S/C32H47N3O2/c1-6-7-8-9-10-26-11-13-27(14-12-26)31(37)33-28-15-17-29(18-16-28)34-19-21-35(22-20-34)30(36)23-25(2)24-32(3,4)5/h11-18,25H,6-10,19-24H2,1-5H3,(H,33,37). The number of piperazine rings is 1. The summed E-state index contributed by atoms with van der Waals surface area (Å²) < 4.78 is 0. The van der Waals surface area contributed by atoms with Crippen LogP contribution >= 0.6 is 0 Å². The van der Waals surface area contributed by atoms with Gasteiger partial charge < -0.3 is 15.1 Å². The first kappa shape index (κ1) is 28.7. The quantitative estimate of drug-likeness (QED) is 0.329. The largest absolute Gasteiger partial charge is 0.368 e. The molecule has 202 valence electrons. The molecule has 0 aliphatic carbocycles. The van der Waals surface area contributed by atoms with Crippen molar-refractivity contribution in [3.8, 4) is 0 Å². The van der Waals surface area contributed by atoms with Crippen LogP contribution in [0.5, 0.6) is 0 Å².